The van der Waals surface area contributed by atoms with Crippen LogP contribution in [0.2, 0.25) is 0 Å². The van der Waals surface area contributed by atoms with E-state index in [0.29, 0.717) is 11.8 Å². The zero-order valence-corrected chi connectivity index (χ0v) is 12.0. The van der Waals surface area contributed by atoms with Crippen molar-refractivity contribution in [2.75, 3.05) is 7.11 Å². The first kappa shape index (κ1) is 11.7. The van der Waals surface area contributed by atoms with Gasteiger partial charge in [0, 0.05) is 21.9 Å². The molecule has 1 aromatic carbocycles. The molecule has 0 aliphatic heterocycles. The first-order chi connectivity index (χ1) is 8.33. The Balaban J connectivity index is 2.30. The minimum absolute atomic E-state index is 0.579. The van der Waals surface area contributed by atoms with Crippen molar-refractivity contribution in [2.24, 2.45) is 0 Å². The normalized spacial score (nSPS) is 10.2. The minimum Gasteiger partial charge on any atom is -0.481 e. The van der Waals surface area contributed by atoms with Crippen LogP contribution in [0, 0.1) is 0 Å². The number of nitrogens with zero attached hydrogens (tertiary/aromatic N) is 1. The van der Waals surface area contributed by atoms with Gasteiger partial charge in [-0.05, 0) is 24.2 Å². The lowest BCUT2D eigenvalue weighted by molar-refractivity contribution is 0.382. The van der Waals surface area contributed by atoms with Crippen molar-refractivity contribution in [3.05, 3.63) is 48.0 Å². The second kappa shape index (κ2) is 5.50. The molecule has 88 valence electrons. The summed E-state index contributed by atoms with van der Waals surface area (Å²) in [6, 6.07) is 14.6. The molecule has 4 heteroatoms. The molecule has 1 heterocycles. The summed E-state index contributed by atoms with van der Waals surface area (Å²) in [7, 11) is 2.69. The van der Waals surface area contributed by atoms with Gasteiger partial charge >= 0.3 is 0 Å². The number of para-hydroxylation sites is 1. The largest absolute Gasteiger partial charge is 0.481 e. The Bertz CT molecular complexity index is 488. The third-order valence-electron chi connectivity index (χ3n) is 2.46. The first-order valence-corrected chi connectivity index (χ1v) is 7.01. The molecule has 0 spiro atoms. The Morgan fingerprint density at radius 2 is 1.88 bits per heavy atom. The van der Waals surface area contributed by atoms with Crippen LogP contribution in [0.1, 0.15) is 5.56 Å². The fourth-order valence-electron chi connectivity index (χ4n) is 1.52. The van der Waals surface area contributed by atoms with Crippen LogP contribution in [0.15, 0.2) is 42.5 Å². The van der Waals surface area contributed by atoms with E-state index < -0.39 is 0 Å². The van der Waals surface area contributed by atoms with Gasteiger partial charge in [0.1, 0.15) is 5.75 Å². The average molecular weight is 245 g/mol. The van der Waals surface area contributed by atoms with Gasteiger partial charge in [-0.2, -0.15) is 4.98 Å². The highest BCUT2D eigenvalue weighted by molar-refractivity contribution is 6.08. The zero-order valence-electron chi connectivity index (χ0n) is 10.0. The van der Waals surface area contributed by atoms with E-state index in [9.17, 15) is 0 Å². The molecule has 0 atom stereocenters. The van der Waals surface area contributed by atoms with Crippen molar-refractivity contribution in [1.29, 1.82) is 0 Å². The maximum atomic E-state index is 5.77. The molecule has 0 aliphatic rings. The summed E-state index contributed by atoms with van der Waals surface area (Å²) in [6.45, 7) is 0. The van der Waals surface area contributed by atoms with E-state index in [-0.39, 0.29) is 0 Å². The van der Waals surface area contributed by atoms with Crippen molar-refractivity contribution in [2.45, 2.75) is 6.04 Å². The number of aromatic nitrogens is 1. The third kappa shape index (κ3) is 2.85. The Hall–Kier alpha value is -1.81. The highest BCUT2D eigenvalue weighted by Crippen LogP contribution is 2.25. The second-order valence-electron chi connectivity index (χ2n) is 3.59. The van der Waals surface area contributed by atoms with Crippen molar-refractivity contribution < 1.29 is 9.47 Å². The number of pyridine rings is 1. The standard InChI is InChI=1S/C13H15NO2Si/c1-15-12-8-7-10(9-17)13(14-12)16-11-5-3-2-4-6-11/h2-8H,9H2,1,17H3. The number of methoxy groups -OCH3 is 1. The molecule has 0 radical (unpaired) electrons. The Kier molecular flexibility index (Phi) is 3.77. The smallest absolute Gasteiger partial charge is 0.225 e. The predicted molar refractivity (Wildman–Crippen MR) is 70.9 cm³/mol. The van der Waals surface area contributed by atoms with Gasteiger partial charge in [0.15, 0.2) is 0 Å². The number of hydrogen-bond acceptors (Lipinski definition) is 3. The SMILES string of the molecule is COc1ccc(C[SiH3])c(Oc2ccccc2)n1. The number of benzene rings is 1. The molecule has 0 saturated heterocycles. The molecule has 1 aromatic heterocycles. The van der Waals surface area contributed by atoms with E-state index >= 15 is 0 Å². The maximum Gasteiger partial charge on any atom is 0.225 e. The molecule has 0 N–H and O–H groups in total. The molecular weight excluding hydrogens is 230 g/mol. The molecule has 0 fully saturated rings. The maximum absolute atomic E-state index is 5.77. The van der Waals surface area contributed by atoms with E-state index in [1.807, 2.05) is 42.5 Å². The number of ether oxygens (including phenoxy) is 2. The van der Waals surface area contributed by atoms with Crippen LogP contribution >= 0.6 is 0 Å². The lowest BCUT2D eigenvalue weighted by Crippen LogP contribution is -1.97. The van der Waals surface area contributed by atoms with Crippen molar-refractivity contribution in [3.63, 3.8) is 0 Å². The van der Waals surface area contributed by atoms with E-state index in [0.717, 1.165) is 27.6 Å². The molecule has 2 aromatic rings. The molecule has 17 heavy (non-hydrogen) atoms. The summed E-state index contributed by atoms with van der Waals surface area (Å²) >= 11 is 0. The monoisotopic (exact) mass is 245 g/mol. The van der Waals surface area contributed by atoms with Crippen LogP contribution in [-0.2, 0) is 6.04 Å². The Morgan fingerprint density at radius 3 is 2.53 bits per heavy atom. The predicted octanol–water partition coefficient (Wildman–Crippen LogP) is 1.75. The van der Waals surface area contributed by atoms with Crippen LogP contribution in [0.25, 0.3) is 0 Å². The molecule has 3 nitrogen and oxygen atoms in total. The Morgan fingerprint density at radius 1 is 1.12 bits per heavy atom. The van der Waals surface area contributed by atoms with Gasteiger partial charge < -0.3 is 9.47 Å². The second-order valence-corrected chi connectivity index (χ2v) is 4.29. The van der Waals surface area contributed by atoms with Gasteiger partial charge in [0.25, 0.3) is 0 Å². The van der Waals surface area contributed by atoms with Gasteiger partial charge in [-0.1, -0.05) is 18.2 Å². The summed E-state index contributed by atoms with van der Waals surface area (Å²) in [5.74, 6) is 2.02. The van der Waals surface area contributed by atoms with E-state index in [2.05, 4.69) is 4.98 Å². The van der Waals surface area contributed by atoms with Gasteiger partial charge in [0.05, 0.1) is 7.11 Å². The molecule has 0 amide bonds. The van der Waals surface area contributed by atoms with Crippen LogP contribution in [0.5, 0.6) is 17.5 Å². The van der Waals surface area contributed by atoms with Crippen LogP contribution in [0.4, 0.5) is 0 Å². The van der Waals surface area contributed by atoms with Gasteiger partial charge in [0.2, 0.25) is 11.8 Å². The molecule has 0 saturated carbocycles. The minimum atomic E-state index is 0.579. The molecule has 2 rings (SSSR count). The molecular formula is C13H15NO2Si. The van der Waals surface area contributed by atoms with Gasteiger partial charge in [-0.15, -0.1) is 0 Å². The van der Waals surface area contributed by atoms with Crippen molar-refractivity contribution in [3.8, 4) is 17.5 Å². The lowest BCUT2D eigenvalue weighted by atomic mass is 10.3. The van der Waals surface area contributed by atoms with Crippen LogP contribution in [0.3, 0.4) is 0 Å². The quantitative estimate of drug-likeness (QED) is 0.769. The lowest BCUT2D eigenvalue weighted by Gasteiger charge is -2.10. The van der Waals surface area contributed by atoms with Crippen LogP contribution < -0.4 is 9.47 Å². The molecule has 0 bridgehead atoms. The Labute approximate surface area is 104 Å². The fourth-order valence-corrected chi connectivity index (χ4v) is 2.06. The van der Waals surface area contributed by atoms with E-state index in [4.69, 9.17) is 9.47 Å². The van der Waals surface area contributed by atoms with Crippen molar-refractivity contribution >= 4 is 10.2 Å². The summed E-state index contributed by atoms with van der Waals surface area (Å²) < 4.78 is 10.9. The van der Waals surface area contributed by atoms with Crippen molar-refractivity contribution in [1.82, 2.24) is 4.98 Å². The zero-order chi connectivity index (χ0) is 12.1. The highest BCUT2D eigenvalue weighted by Gasteiger charge is 2.07. The summed E-state index contributed by atoms with van der Waals surface area (Å²) in [6.07, 6.45) is 0. The van der Waals surface area contributed by atoms with E-state index in [1.54, 1.807) is 7.11 Å². The van der Waals surface area contributed by atoms with Crippen LogP contribution in [-0.4, -0.2) is 22.3 Å². The molecule has 0 unspecified atom stereocenters. The summed E-state index contributed by atoms with van der Waals surface area (Å²) in [5.41, 5.74) is 1.13. The number of rotatable bonds is 4. The highest BCUT2D eigenvalue weighted by atomic mass is 28.1. The van der Waals surface area contributed by atoms with Gasteiger partial charge in [-0.3, -0.25) is 0 Å². The topological polar surface area (TPSA) is 31.4 Å². The fraction of sp³-hybridized carbons (Fsp3) is 0.154. The summed E-state index contributed by atoms with van der Waals surface area (Å²) in [4.78, 5) is 4.34. The molecule has 0 aliphatic carbocycles. The number of hydrogen-bond donors (Lipinski definition) is 0. The van der Waals surface area contributed by atoms with E-state index in [1.165, 1.54) is 0 Å². The first-order valence-electron chi connectivity index (χ1n) is 5.60. The summed E-state index contributed by atoms with van der Waals surface area (Å²) in [5, 5.41) is 0. The average Bonchev–Trinajstić information content (AvgIpc) is 2.40. The van der Waals surface area contributed by atoms with Gasteiger partial charge in [-0.25, -0.2) is 0 Å². The third-order valence-corrected chi connectivity index (χ3v) is 3.22.